The average molecular weight is 381 g/mol. The molecule has 1 amide bonds. The number of carbonyl (C=O) groups is 1. The number of benzene rings is 1. The standard InChI is InChI=1S/C21H27N5O2/c1-3-11-24-17-6-4-5-7-18(17)25(21(24)28)12-10-19(27)23-20-15(2)13-22-26(20)14-16-8-9-16/h4-7,13,16H,3,8-12,14H2,1-2H3,(H,23,27). The average Bonchev–Trinajstić information content (AvgIpc) is 3.40. The second-order valence-corrected chi connectivity index (χ2v) is 7.67. The summed E-state index contributed by atoms with van der Waals surface area (Å²) in [7, 11) is 0. The minimum atomic E-state index is -0.0973. The molecule has 0 aliphatic heterocycles. The number of rotatable bonds is 8. The zero-order valence-corrected chi connectivity index (χ0v) is 16.5. The Labute approximate surface area is 164 Å². The van der Waals surface area contributed by atoms with Gasteiger partial charge in [0, 0.05) is 31.6 Å². The van der Waals surface area contributed by atoms with Crippen LogP contribution < -0.4 is 11.0 Å². The zero-order valence-electron chi connectivity index (χ0n) is 16.5. The first-order chi connectivity index (χ1) is 13.6. The number of imidazole rings is 1. The summed E-state index contributed by atoms with van der Waals surface area (Å²) in [5.74, 6) is 1.36. The van der Waals surface area contributed by atoms with Gasteiger partial charge in [-0.25, -0.2) is 9.48 Å². The van der Waals surface area contributed by atoms with Gasteiger partial charge in [0.15, 0.2) is 0 Å². The van der Waals surface area contributed by atoms with Crippen LogP contribution in [0.15, 0.2) is 35.3 Å². The molecule has 28 heavy (non-hydrogen) atoms. The molecule has 1 aliphatic carbocycles. The van der Waals surface area contributed by atoms with Crippen LogP contribution in [0.2, 0.25) is 0 Å². The molecule has 1 aromatic carbocycles. The Morgan fingerprint density at radius 1 is 1.18 bits per heavy atom. The molecule has 1 saturated carbocycles. The first kappa shape index (κ1) is 18.5. The van der Waals surface area contributed by atoms with E-state index in [-0.39, 0.29) is 18.0 Å². The lowest BCUT2D eigenvalue weighted by Crippen LogP contribution is -2.26. The van der Waals surface area contributed by atoms with Gasteiger partial charge in [-0.05, 0) is 44.2 Å². The fourth-order valence-electron chi connectivity index (χ4n) is 3.66. The van der Waals surface area contributed by atoms with Gasteiger partial charge in [0.1, 0.15) is 5.82 Å². The molecule has 148 valence electrons. The van der Waals surface area contributed by atoms with Crippen LogP contribution in [0, 0.1) is 12.8 Å². The molecule has 4 rings (SSSR count). The van der Waals surface area contributed by atoms with Gasteiger partial charge in [-0.3, -0.25) is 13.9 Å². The largest absolute Gasteiger partial charge is 0.329 e. The molecular formula is C21H27N5O2. The highest BCUT2D eigenvalue weighted by Crippen LogP contribution is 2.31. The minimum absolute atomic E-state index is 0.0502. The van der Waals surface area contributed by atoms with E-state index < -0.39 is 0 Å². The van der Waals surface area contributed by atoms with Crippen molar-refractivity contribution < 1.29 is 4.79 Å². The van der Waals surface area contributed by atoms with Gasteiger partial charge >= 0.3 is 5.69 Å². The maximum absolute atomic E-state index is 12.8. The summed E-state index contributed by atoms with van der Waals surface area (Å²) in [5, 5.41) is 7.39. The molecule has 0 unspecified atom stereocenters. The molecule has 3 aromatic rings. The fraction of sp³-hybridized carbons (Fsp3) is 0.476. The lowest BCUT2D eigenvalue weighted by atomic mass is 10.3. The number of anilines is 1. The Morgan fingerprint density at radius 2 is 1.86 bits per heavy atom. The van der Waals surface area contributed by atoms with Crippen LogP contribution in [0.4, 0.5) is 5.82 Å². The number of hydrogen-bond donors (Lipinski definition) is 1. The molecule has 0 atom stereocenters. The molecule has 1 N–H and O–H groups in total. The lowest BCUT2D eigenvalue weighted by Gasteiger charge is -2.10. The normalized spacial score (nSPS) is 13.9. The van der Waals surface area contributed by atoms with Crippen LogP contribution in [0.1, 0.15) is 38.2 Å². The third kappa shape index (κ3) is 3.61. The molecule has 2 heterocycles. The lowest BCUT2D eigenvalue weighted by molar-refractivity contribution is -0.116. The fourth-order valence-corrected chi connectivity index (χ4v) is 3.66. The van der Waals surface area contributed by atoms with Crippen LogP contribution in [0.25, 0.3) is 11.0 Å². The molecule has 1 aliphatic rings. The Morgan fingerprint density at radius 3 is 2.50 bits per heavy atom. The number of amides is 1. The van der Waals surface area contributed by atoms with Crippen molar-refractivity contribution in [3.8, 4) is 0 Å². The Bertz CT molecular complexity index is 1050. The first-order valence-corrected chi connectivity index (χ1v) is 10.1. The molecular weight excluding hydrogens is 354 g/mol. The van der Waals surface area contributed by atoms with Crippen molar-refractivity contribution in [2.24, 2.45) is 5.92 Å². The van der Waals surface area contributed by atoms with Crippen LogP contribution in [0.5, 0.6) is 0 Å². The zero-order chi connectivity index (χ0) is 19.7. The van der Waals surface area contributed by atoms with Crippen molar-refractivity contribution >= 4 is 22.8 Å². The third-order valence-electron chi connectivity index (χ3n) is 5.34. The van der Waals surface area contributed by atoms with Crippen molar-refractivity contribution in [3.05, 3.63) is 46.5 Å². The van der Waals surface area contributed by atoms with E-state index in [1.165, 1.54) is 12.8 Å². The highest BCUT2D eigenvalue weighted by Gasteiger charge is 2.24. The minimum Gasteiger partial charge on any atom is -0.311 e. The predicted molar refractivity (Wildman–Crippen MR) is 109 cm³/mol. The number of nitrogens with zero attached hydrogens (tertiary/aromatic N) is 4. The summed E-state index contributed by atoms with van der Waals surface area (Å²) in [6.45, 7) is 5.90. The van der Waals surface area contributed by atoms with Crippen LogP contribution >= 0.6 is 0 Å². The Hall–Kier alpha value is -2.83. The predicted octanol–water partition coefficient (Wildman–Crippen LogP) is 3.16. The van der Waals surface area contributed by atoms with Gasteiger partial charge in [-0.2, -0.15) is 5.10 Å². The number of aryl methyl sites for hydroxylation is 3. The monoisotopic (exact) mass is 381 g/mol. The molecule has 7 nitrogen and oxygen atoms in total. The van der Waals surface area contributed by atoms with Crippen molar-refractivity contribution in [1.82, 2.24) is 18.9 Å². The van der Waals surface area contributed by atoms with E-state index >= 15 is 0 Å². The van der Waals surface area contributed by atoms with Crippen LogP contribution in [0.3, 0.4) is 0 Å². The molecule has 0 bridgehead atoms. The summed E-state index contributed by atoms with van der Waals surface area (Å²) < 4.78 is 5.39. The van der Waals surface area contributed by atoms with Crippen LogP contribution in [-0.4, -0.2) is 24.8 Å². The SMILES string of the molecule is CCCn1c(=O)n(CCC(=O)Nc2c(C)cnn2CC2CC2)c2ccccc21. The van der Waals surface area contributed by atoms with Gasteiger partial charge in [0.2, 0.25) is 5.91 Å². The molecule has 0 radical (unpaired) electrons. The van der Waals surface area contributed by atoms with Gasteiger partial charge in [-0.1, -0.05) is 19.1 Å². The van der Waals surface area contributed by atoms with E-state index in [0.717, 1.165) is 35.4 Å². The first-order valence-electron chi connectivity index (χ1n) is 10.1. The van der Waals surface area contributed by atoms with Gasteiger partial charge < -0.3 is 5.32 Å². The molecule has 7 heteroatoms. The summed E-state index contributed by atoms with van der Waals surface area (Å²) in [4.78, 5) is 25.4. The van der Waals surface area contributed by atoms with E-state index in [4.69, 9.17) is 0 Å². The quantitative estimate of drug-likeness (QED) is 0.651. The van der Waals surface area contributed by atoms with E-state index in [0.29, 0.717) is 19.0 Å². The second-order valence-electron chi connectivity index (χ2n) is 7.67. The van der Waals surface area contributed by atoms with Crippen molar-refractivity contribution in [3.63, 3.8) is 0 Å². The van der Waals surface area contributed by atoms with Crippen molar-refractivity contribution in [2.75, 3.05) is 5.32 Å². The number of fused-ring (bicyclic) bond motifs is 1. The second kappa shape index (κ2) is 7.66. The molecule has 1 fully saturated rings. The summed E-state index contributed by atoms with van der Waals surface area (Å²) in [6.07, 6.45) is 5.39. The van der Waals surface area contributed by atoms with Crippen LogP contribution in [-0.2, 0) is 24.4 Å². The number of hydrogen-bond acceptors (Lipinski definition) is 3. The molecule has 0 spiro atoms. The van der Waals surface area contributed by atoms with E-state index in [9.17, 15) is 9.59 Å². The highest BCUT2D eigenvalue weighted by atomic mass is 16.2. The smallest absolute Gasteiger partial charge is 0.311 e. The van der Waals surface area contributed by atoms with Crippen molar-refractivity contribution in [2.45, 2.75) is 59.2 Å². The topological polar surface area (TPSA) is 73.8 Å². The number of nitrogens with one attached hydrogen (secondary N) is 1. The summed E-state index contributed by atoms with van der Waals surface area (Å²) >= 11 is 0. The number of carbonyl (C=O) groups excluding carboxylic acids is 1. The van der Waals surface area contributed by atoms with Crippen molar-refractivity contribution in [1.29, 1.82) is 0 Å². The third-order valence-corrected chi connectivity index (χ3v) is 5.34. The number of aromatic nitrogens is 4. The van der Waals surface area contributed by atoms with E-state index in [1.807, 2.05) is 35.9 Å². The van der Waals surface area contributed by atoms with E-state index in [2.05, 4.69) is 17.3 Å². The number of para-hydroxylation sites is 2. The highest BCUT2D eigenvalue weighted by molar-refractivity contribution is 5.90. The van der Waals surface area contributed by atoms with Gasteiger partial charge in [0.25, 0.3) is 0 Å². The van der Waals surface area contributed by atoms with Gasteiger partial charge in [-0.15, -0.1) is 0 Å². The Kier molecular flexibility index (Phi) is 5.07. The van der Waals surface area contributed by atoms with E-state index in [1.54, 1.807) is 15.3 Å². The summed E-state index contributed by atoms with van der Waals surface area (Å²) in [6, 6.07) is 7.77. The van der Waals surface area contributed by atoms with Gasteiger partial charge in [0.05, 0.1) is 17.2 Å². The maximum Gasteiger partial charge on any atom is 0.329 e. The molecule has 2 aromatic heterocycles. The summed E-state index contributed by atoms with van der Waals surface area (Å²) in [5.41, 5.74) is 2.72. The maximum atomic E-state index is 12.8. The molecule has 0 saturated heterocycles. The Balaban J connectivity index is 1.49.